The largest absolute Gasteiger partial charge is 0.416 e. The molecule has 1 heterocycles. The minimum atomic E-state index is -4.45. The van der Waals surface area contributed by atoms with Gasteiger partial charge < -0.3 is 5.11 Å². The Morgan fingerprint density at radius 1 is 1.53 bits per heavy atom. The summed E-state index contributed by atoms with van der Waals surface area (Å²) in [6, 6.07) is 0.874. The van der Waals surface area contributed by atoms with Gasteiger partial charge in [-0.15, -0.1) is 0 Å². The molecule has 0 aliphatic carbocycles. The molecule has 0 aliphatic heterocycles. The monoisotopic (exact) mass is 237 g/mol. The van der Waals surface area contributed by atoms with Crippen LogP contribution in [0.25, 0.3) is 0 Å². The summed E-state index contributed by atoms with van der Waals surface area (Å²) in [6.45, 7) is 0. The molecule has 6 heteroatoms. The van der Waals surface area contributed by atoms with E-state index in [2.05, 4.69) is 4.98 Å². The van der Waals surface area contributed by atoms with Crippen molar-refractivity contribution < 1.29 is 18.3 Å². The molecule has 0 bridgehead atoms. The minimum absolute atomic E-state index is 0.167. The van der Waals surface area contributed by atoms with Crippen molar-refractivity contribution in [3.8, 4) is 0 Å². The van der Waals surface area contributed by atoms with Crippen LogP contribution < -0.4 is 0 Å². The van der Waals surface area contributed by atoms with E-state index in [0.717, 1.165) is 18.5 Å². The Hall–Kier alpha value is -0.750. The van der Waals surface area contributed by atoms with Crippen LogP contribution in [0.2, 0.25) is 0 Å². The van der Waals surface area contributed by atoms with Crippen LogP contribution in [0.1, 0.15) is 17.2 Å². The Morgan fingerprint density at radius 2 is 2.20 bits per heavy atom. The fourth-order valence-electron chi connectivity index (χ4n) is 1.18. The number of aromatic nitrogens is 1. The van der Waals surface area contributed by atoms with Gasteiger partial charge in [-0.05, 0) is 12.3 Å². The number of hydrogen-bond donors (Lipinski definition) is 1. The normalized spacial score (nSPS) is 13.9. The topological polar surface area (TPSA) is 33.1 Å². The van der Waals surface area contributed by atoms with Gasteiger partial charge in [0.1, 0.15) is 0 Å². The fraction of sp³-hybridized carbons (Fsp3) is 0.444. The Labute approximate surface area is 89.5 Å². The maximum atomic E-state index is 12.5. The summed E-state index contributed by atoms with van der Waals surface area (Å²) >= 11 is 1.28. The number of rotatable bonds is 3. The van der Waals surface area contributed by atoms with Crippen molar-refractivity contribution >= 4 is 11.8 Å². The fourth-order valence-corrected chi connectivity index (χ4v) is 1.67. The van der Waals surface area contributed by atoms with Gasteiger partial charge in [0.15, 0.2) is 0 Å². The van der Waals surface area contributed by atoms with Gasteiger partial charge in [-0.1, -0.05) is 0 Å². The third-order valence-corrected chi connectivity index (χ3v) is 2.49. The first-order valence-electron chi connectivity index (χ1n) is 4.15. The second-order valence-corrected chi connectivity index (χ2v) is 3.84. The summed E-state index contributed by atoms with van der Waals surface area (Å²) in [5, 5.41) is 9.50. The summed E-state index contributed by atoms with van der Waals surface area (Å²) in [6.07, 6.45) is -1.74. The van der Waals surface area contributed by atoms with Crippen molar-refractivity contribution in [2.75, 3.05) is 12.0 Å². The maximum absolute atomic E-state index is 12.5. The number of alkyl halides is 3. The predicted molar refractivity (Wildman–Crippen MR) is 52.6 cm³/mol. The summed E-state index contributed by atoms with van der Waals surface area (Å²) in [4.78, 5) is 3.59. The lowest BCUT2D eigenvalue weighted by Crippen LogP contribution is -2.13. The Bertz CT molecular complexity index is 329. The average molecular weight is 237 g/mol. The van der Waals surface area contributed by atoms with Crippen LogP contribution in [0.3, 0.4) is 0 Å². The molecule has 0 radical (unpaired) electrons. The van der Waals surface area contributed by atoms with Gasteiger partial charge in [0.2, 0.25) is 0 Å². The van der Waals surface area contributed by atoms with E-state index in [1.54, 1.807) is 6.26 Å². The van der Waals surface area contributed by atoms with Crippen LogP contribution in [-0.4, -0.2) is 22.1 Å². The number of aliphatic hydroxyl groups excluding tert-OH is 1. The number of pyridine rings is 1. The lowest BCUT2D eigenvalue weighted by molar-refractivity contribution is -0.139. The Morgan fingerprint density at radius 3 is 2.73 bits per heavy atom. The van der Waals surface area contributed by atoms with Gasteiger partial charge >= 0.3 is 6.18 Å². The van der Waals surface area contributed by atoms with Crippen molar-refractivity contribution in [3.05, 3.63) is 29.6 Å². The van der Waals surface area contributed by atoms with Crippen molar-refractivity contribution in [2.45, 2.75) is 12.3 Å². The molecule has 0 amide bonds. The molecule has 84 valence electrons. The highest BCUT2D eigenvalue weighted by Gasteiger charge is 2.34. The molecule has 0 fully saturated rings. The van der Waals surface area contributed by atoms with Crippen LogP contribution in [0.15, 0.2) is 18.5 Å². The van der Waals surface area contributed by atoms with E-state index in [1.807, 2.05) is 0 Å². The average Bonchev–Trinajstić information content (AvgIpc) is 2.17. The first-order chi connectivity index (χ1) is 6.96. The molecule has 1 aromatic heterocycles. The van der Waals surface area contributed by atoms with E-state index >= 15 is 0 Å². The van der Waals surface area contributed by atoms with Crippen molar-refractivity contribution in [1.29, 1.82) is 0 Å². The Balaban J connectivity index is 3.06. The van der Waals surface area contributed by atoms with Crippen LogP contribution in [-0.2, 0) is 6.18 Å². The van der Waals surface area contributed by atoms with Crippen molar-refractivity contribution in [2.24, 2.45) is 0 Å². The van der Waals surface area contributed by atoms with Crippen molar-refractivity contribution in [1.82, 2.24) is 4.98 Å². The molecule has 1 atom stereocenters. The summed E-state index contributed by atoms with van der Waals surface area (Å²) in [7, 11) is 0. The summed E-state index contributed by atoms with van der Waals surface area (Å²) in [5.41, 5.74) is -0.988. The van der Waals surface area contributed by atoms with Gasteiger partial charge in [0.25, 0.3) is 0 Å². The zero-order valence-electron chi connectivity index (χ0n) is 7.95. The molecule has 1 rings (SSSR count). The number of thioether (sulfide) groups is 1. The number of halogens is 3. The second kappa shape index (κ2) is 4.85. The van der Waals surface area contributed by atoms with E-state index in [1.165, 1.54) is 11.8 Å². The molecule has 2 nitrogen and oxygen atoms in total. The van der Waals surface area contributed by atoms with E-state index in [-0.39, 0.29) is 11.3 Å². The zero-order valence-corrected chi connectivity index (χ0v) is 8.77. The van der Waals surface area contributed by atoms with Crippen LogP contribution in [0, 0.1) is 0 Å². The molecule has 0 saturated heterocycles. The number of aliphatic hydroxyl groups is 1. The van der Waals surface area contributed by atoms with E-state index < -0.39 is 17.8 Å². The van der Waals surface area contributed by atoms with Crippen molar-refractivity contribution in [3.63, 3.8) is 0 Å². The SMILES string of the molecule is CSCC(O)c1cnccc1C(F)(F)F. The zero-order chi connectivity index (χ0) is 11.5. The molecule has 0 aromatic carbocycles. The first-order valence-corrected chi connectivity index (χ1v) is 5.54. The second-order valence-electron chi connectivity index (χ2n) is 2.93. The van der Waals surface area contributed by atoms with E-state index in [0.29, 0.717) is 0 Å². The summed E-state index contributed by atoms with van der Waals surface area (Å²) in [5.74, 6) is 0.217. The molecule has 0 spiro atoms. The highest BCUT2D eigenvalue weighted by atomic mass is 32.2. The van der Waals surface area contributed by atoms with E-state index in [4.69, 9.17) is 0 Å². The maximum Gasteiger partial charge on any atom is 0.416 e. The van der Waals surface area contributed by atoms with E-state index in [9.17, 15) is 18.3 Å². The third-order valence-electron chi connectivity index (χ3n) is 1.84. The lowest BCUT2D eigenvalue weighted by Gasteiger charge is -2.15. The van der Waals surface area contributed by atoms with Crippen LogP contribution in [0.4, 0.5) is 13.2 Å². The number of nitrogens with zero attached hydrogens (tertiary/aromatic N) is 1. The van der Waals surface area contributed by atoms with Gasteiger partial charge in [-0.2, -0.15) is 24.9 Å². The molecular weight excluding hydrogens is 227 g/mol. The number of hydrogen-bond acceptors (Lipinski definition) is 3. The highest BCUT2D eigenvalue weighted by Crippen LogP contribution is 2.34. The van der Waals surface area contributed by atoms with Crippen LogP contribution in [0.5, 0.6) is 0 Å². The van der Waals surface area contributed by atoms with Gasteiger partial charge in [0.05, 0.1) is 11.7 Å². The van der Waals surface area contributed by atoms with Crippen LogP contribution >= 0.6 is 11.8 Å². The molecule has 1 unspecified atom stereocenters. The van der Waals surface area contributed by atoms with Gasteiger partial charge in [-0.3, -0.25) is 4.98 Å². The third kappa shape index (κ3) is 3.10. The quantitative estimate of drug-likeness (QED) is 0.876. The molecule has 1 N–H and O–H groups in total. The predicted octanol–water partition coefficient (Wildman–Crippen LogP) is 2.50. The van der Waals surface area contributed by atoms with Gasteiger partial charge in [0, 0.05) is 23.7 Å². The lowest BCUT2D eigenvalue weighted by atomic mass is 10.1. The Kier molecular flexibility index (Phi) is 3.98. The standard InChI is InChI=1S/C9H10F3NOS/c1-15-5-8(14)6-4-13-3-2-7(6)9(10,11)12/h2-4,8,14H,5H2,1H3. The van der Waals surface area contributed by atoms with Gasteiger partial charge in [-0.25, -0.2) is 0 Å². The molecule has 15 heavy (non-hydrogen) atoms. The minimum Gasteiger partial charge on any atom is -0.387 e. The molecular formula is C9H10F3NOS. The first kappa shape index (κ1) is 12.3. The smallest absolute Gasteiger partial charge is 0.387 e. The molecule has 0 saturated carbocycles. The summed E-state index contributed by atoms with van der Waals surface area (Å²) < 4.78 is 37.5. The molecule has 1 aromatic rings. The highest BCUT2D eigenvalue weighted by molar-refractivity contribution is 7.98. The molecule has 0 aliphatic rings.